The molecular weight excluding hydrogens is 427 g/mol. The number of halogens is 3. The summed E-state index contributed by atoms with van der Waals surface area (Å²) in [7, 11) is 0. The van der Waals surface area contributed by atoms with E-state index in [0.717, 1.165) is 25.7 Å². The van der Waals surface area contributed by atoms with E-state index >= 15 is 0 Å². The smallest absolute Gasteiger partial charge is 0.257 e. The molecule has 1 aliphatic carbocycles. The van der Waals surface area contributed by atoms with Gasteiger partial charge in [0.25, 0.3) is 5.91 Å². The zero-order valence-electron chi connectivity index (χ0n) is 17.3. The topological polar surface area (TPSA) is 91.6 Å². The van der Waals surface area contributed by atoms with Crippen LogP contribution in [0.4, 0.5) is 13.2 Å². The van der Waals surface area contributed by atoms with Gasteiger partial charge in [0.1, 0.15) is 23.0 Å². The lowest BCUT2D eigenvalue weighted by molar-refractivity contribution is -0.123. The molecule has 1 aromatic heterocycles. The second-order valence-corrected chi connectivity index (χ2v) is 8.56. The molecule has 170 valence electrons. The predicted molar refractivity (Wildman–Crippen MR) is 107 cm³/mol. The summed E-state index contributed by atoms with van der Waals surface area (Å²) < 4.78 is 42.3. The quantitative estimate of drug-likeness (QED) is 0.662. The average molecular weight is 449 g/mol. The van der Waals surface area contributed by atoms with Crippen LogP contribution in [0.3, 0.4) is 0 Å². The first-order valence-corrected chi connectivity index (χ1v) is 10.2. The van der Waals surface area contributed by atoms with E-state index < -0.39 is 57.7 Å². The molecule has 1 aromatic carbocycles. The van der Waals surface area contributed by atoms with Crippen molar-refractivity contribution in [2.24, 2.45) is 5.92 Å². The Bertz CT molecular complexity index is 1140. The normalized spacial score (nSPS) is 21.8. The Hall–Kier alpha value is -3.30. The third kappa shape index (κ3) is 3.63. The van der Waals surface area contributed by atoms with Crippen molar-refractivity contribution in [1.29, 1.82) is 0 Å². The molecule has 2 atom stereocenters. The van der Waals surface area contributed by atoms with Gasteiger partial charge < -0.3 is 19.9 Å². The monoisotopic (exact) mass is 449 g/mol. The highest BCUT2D eigenvalue weighted by Gasteiger charge is 2.50. The molecule has 2 heterocycles. The van der Waals surface area contributed by atoms with Crippen molar-refractivity contribution in [3.63, 3.8) is 0 Å². The van der Waals surface area contributed by atoms with Crippen LogP contribution in [-0.2, 0) is 17.9 Å². The number of benzene rings is 1. The summed E-state index contributed by atoms with van der Waals surface area (Å²) in [6, 6.07) is 0.980. The Morgan fingerprint density at radius 1 is 1.31 bits per heavy atom. The summed E-state index contributed by atoms with van der Waals surface area (Å²) in [5, 5.41) is 12.6. The fourth-order valence-corrected chi connectivity index (χ4v) is 4.88. The molecule has 10 heteroatoms. The van der Waals surface area contributed by atoms with Crippen LogP contribution >= 0.6 is 0 Å². The second kappa shape index (κ2) is 7.99. The summed E-state index contributed by atoms with van der Waals surface area (Å²) in [5.74, 6) is -4.59. The van der Waals surface area contributed by atoms with Crippen molar-refractivity contribution in [3.8, 4) is 5.75 Å². The number of amides is 2. The molecule has 2 aliphatic rings. The summed E-state index contributed by atoms with van der Waals surface area (Å²) in [6.45, 7) is 1.86. The minimum Gasteiger partial charge on any atom is -0.503 e. The first-order chi connectivity index (χ1) is 15.1. The lowest BCUT2D eigenvalue weighted by Gasteiger charge is -2.37. The number of nitrogens with zero attached hydrogens (tertiary/aromatic N) is 2. The van der Waals surface area contributed by atoms with Gasteiger partial charge in [-0.3, -0.25) is 14.4 Å². The Balaban J connectivity index is 1.61. The minimum atomic E-state index is -1.17. The molecule has 1 aliphatic heterocycles. The zero-order valence-corrected chi connectivity index (χ0v) is 17.3. The van der Waals surface area contributed by atoms with Gasteiger partial charge in [0.05, 0.1) is 11.2 Å². The Morgan fingerprint density at radius 3 is 2.62 bits per heavy atom. The molecule has 1 saturated heterocycles. The molecule has 2 amide bonds. The van der Waals surface area contributed by atoms with Gasteiger partial charge in [-0.25, -0.2) is 13.2 Å². The Labute approximate surface area is 181 Å². The molecule has 2 fully saturated rings. The molecule has 2 aromatic rings. The van der Waals surface area contributed by atoms with E-state index in [1.807, 2.05) is 0 Å². The van der Waals surface area contributed by atoms with Crippen molar-refractivity contribution < 1.29 is 27.9 Å². The molecule has 2 N–H and O–H groups in total. The van der Waals surface area contributed by atoms with E-state index in [0.29, 0.717) is 31.1 Å². The molecule has 1 saturated carbocycles. The van der Waals surface area contributed by atoms with Crippen molar-refractivity contribution in [2.45, 2.75) is 44.8 Å². The number of likely N-dealkylation sites (tertiary alicyclic amines) is 1. The van der Waals surface area contributed by atoms with E-state index in [-0.39, 0.29) is 5.69 Å². The summed E-state index contributed by atoms with van der Waals surface area (Å²) in [4.78, 5) is 38.4. The highest BCUT2D eigenvalue weighted by atomic mass is 19.1. The number of fused-ring (bicyclic) bond motifs is 2. The van der Waals surface area contributed by atoms with Gasteiger partial charge in [0.15, 0.2) is 5.75 Å². The standard InChI is InChI=1S/C22H22F3N3O4/c1-12-19(30)20(31)16(21(32)26-7-15-17(24)4-14(23)5-18(15)25)9-27(12)10-22-3-2-13(6-22)8-28(22)11-29/h4-5,9,11,13,30H,2-3,6-8,10H2,1H3,(H,26,32). The van der Waals surface area contributed by atoms with Crippen molar-refractivity contribution >= 4 is 12.3 Å². The Morgan fingerprint density at radius 2 is 2.00 bits per heavy atom. The number of hydrogen-bond donors (Lipinski definition) is 2. The van der Waals surface area contributed by atoms with Crippen LogP contribution in [-0.4, -0.2) is 39.0 Å². The highest BCUT2D eigenvalue weighted by Crippen LogP contribution is 2.46. The number of piperidine rings is 1. The number of carbonyl (C=O) groups excluding carboxylic acids is 2. The maximum absolute atomic E-state index is 13.8. The lowest BCUT2D eigenvalue weighted by atomic mass is 9.96. The number of rotatable bonds is 6. The first kappa shape index (κ1) is 21.9. The number of pyridine rings is 1. The van der Waals surface area contributed by atoms with E-state index in [1.165, 1.54) is 13.1 Å². The van der Waals surface area contributed by atoms with Crippen molar-refractivity contribution in [1.82, 2.24) is 14.8 Å². The van der Waals surface area contributed by atoms with Crippen LogP contribution in [0.5, 0.6) is 5.75 Å². The van der Waals surface area contributed by atoms with Crippen LogP contribution < -0.4 is 10.7 Å². The molecule has 0 spiro atoms. The number of hydrogen-bond acceptors (Lipinski definition) is 4. The second-order valence-electron chi connectivity index (χ2n) is 8.56. The molecule has 2 unspecified atom stereocenters. The zero-order chi connectivity index (χ0) is 23.2. The van der Waals surface area contributed by atoms with Crippen molar-refractivity contribution in [2.75, 3.05) is 6.54 Å². The van der Waals surface area contributed by atoms with Gasteiger partial charge in [-0.2, -0.15) is 0 Å². The third-order valence-electron chi connectivity index (χ3n) is 6.64. The van der Waals surface area contributed by atoms with Crippen molar-refractivity contribution in [3.05, 3.63) is 62.8 Å². The van der Waals surface area contributed by atoms with Crippen LogP contribution in [0, 0.1) is 30.3 Å². The van der Waals surface area contributed by atoms with Gasteiger partial charge in [0.2, 0.25) is 11.8 Å². The fourth-order valence-electron chi connectivity index (χ4n) is 4.88. The Kier molecular flexibility index (Phi) is 5.47. The van der Waals surface area contributed by atoms with E-state index in [4.69, 9.17) is 0 Å². The first-order valence-electron chi connectivity index (χ1n) is 10.2. The molecular formula is C22H22F3N3O4. The fraction of sp³-hybridized carbons (Fsp3) is 0.409. The van der Waals surface area contributed by atoms with Crippen LogP contribution in [0.2, 0.25) is 0 Å². The number of aromatic nitrogens is 1. The molecule has 2 bridgehead atoms. The molecule has 0 radical (unpaired) electrons. The minimum absolute atomic E-state index is 0.248. The number of nitrogens with one attached hydrogen (secondary N) is 1. The van der Waals surface area contributed by atoms with Crippen LogP contribution in [0.15, 0.2) is 23.1 Å². The third-order valence-corrected chi connectivity index (χ3v) is 6.64. The average Bonchev–Trinajstić information content (AvgIpc) is 3.31. The number of aromatic hydroxyl groups is 1. The number of carbonyl (C=O) groups is 2. The van der Waals surface area contributed by atoms with Gasteiger partial charge in [0, 0.05) is 43.5 Å². The summed E-state index contributed by atoms with van der Waals surface area (Å²) >= 11 is 0. The van der Waals surface area contributed by atoms with E-state index in [1.54, 1.807) is 9.47 Å². The molecule has 4 rings (SSSR count). The largest absolute Gasteiger partial charge is 0.503 e. The lowest BCUT2D eigenvalue weighted by Crippen LogP contribution is -2.47. The summed E-state index contributed by atoms with van der Waals surface area (Å²) in [6.07, 6.45) is 4.62. The van der Waals surface area contributed by atoms with Gasteiger partial charge in [-0.05, 0) is 32.1 Å². The van der Waals surface area contributed by atoms with Gasteiger partial charge in [-0.1, -0.05) is 0 Å². The van der Waals surface area contributed by atoms with E-state index in [9.17, 15) is 32.7 Å². The molecule has 32 heavy (non-hydrogen) atoms. The SMILES string of the molecule is Cc1c(O)c(=O)c(C(=O)NCc2c(F)cc(F)cc2F)cn1CC12CCC(CN1C=O)C2. The van der Waals surface area contributed by atoms with E-state index in [2.05, 4.69) is 5.32 Å². The molecule has 7 nitrogen and oxygen atoms in total. The maximum atomic E-state index is 13.8. The maximum Gasteiger partial charge on any atom is 0.257 e. The van der Waals surface area contributed by atoms with Gasteiger partial charge in [-0.15, -0.1) is 0 Å². The van der Waals surface area contributed by atoms with Gasteiger partial charge >= 0.3 is 0 Å². The summed E-state index contributed by atoms with van der Waals surface area (Å²) in [5.41, 5.74) is -2.08. The van der Waals surface area contributed by atoms with Crippen LogP contribution in [0.1, 0.15) is 40.9 Å². The van der Waals surface area contributed by atoms with Crippen LogP contribution in [0.25, 0.3) is 0 Å². The highest BCUT2D eigenvalue weighted by molar-refractivity contribution is 5.94. The predicted octanol–water partition coefficient (Wildman–Crippen LogP) is 2.22.